The third kappa shape index (κ3) is 2.89. The molecule has 6 nitrogen and oxygen atoms in total. The van der Waals surface area contributed by atoms with E-state index >= 15 is 0 Å². The zero-order valence-electron chi connectivity index (χ0n) is 11.5. The summed E-state index contributed by atoms with van der Waals surface area (Å²) < 4.78 is 13.0. The maximum absolute atomic E-state index is 12.0. The van der Waals surface area contributed by atoms with Crippen molar-refractivity contribution in [3.05, 3.63) is 48.3 Å². The van der Waals surface area contributed by atoms with Crippen LogP contribution in [0.4, 0.5) is 0 Å². The van der Waals surface area contributed by atoms with Crippen LogP contribution < -0.4 is 14.9 Å². The Morgan fingerprint density at radius 2 is 2.14 bits per heavy atom. The van der Waals surface area contributed by atoms with E-state index in [2.05, 4.69) is 10.5 Å². The molecule has 1 atom stereocenters. The number of nitrogens with one attached hydrogen (secondary N) is 1. The van der Waals surface area contributed by atoms with Gasteiger partial charge in [0, 0.05) is 13.2 Å². The van der Waals surface area contributed by atoms with Crippen molar-refractivity contribution in [1.82, 2.24) is 9.99 Å². The molecule has 0 unspecified atom stereocenters. The number of nitrogens with zero attached hydrogens (tertiary/aromatic N) is 2. The van der Waals surface area contributed by atoms with E-state index in [1.807, 2.05) is 42.1 Å². The van der Waals surface area contributed by atoms with Gasteiger partial charge < -0.3 is 14.0 Å². The van der Waals surface area contributed by atoms with E-state index in [1.54, 1.807) is 18.3 Å². The molecule has 1 aromatic heterocycles. The number of aromatic nitrogens is 1. The second kappa shape index (κ2) is 5.70. The molecule has 1 aliphatic rings. The molecule has 1 aromatic carbocycles. The van der Waals surface area contributed by atoms with Crippen molar-refractivity contribution in [2.24, 2.45) is 12.1 Å². The van der Waals surface area contributed by atoms with Gasteiger partial charge in [-0.3, -0.25) is 4.79 Å². The van der Waals surface area contributed by atoms with Crippen LogP contribution >= 0.6 is 0 Å². The number of hydrogen-bond acceptors (Lipinski definition) is 4. The van der Waals surface area contributed by atoms with E-state index in [0.29, 0.717) is 11.5 Å². The Morgan fingerprint density at radius 1 is 1.33 bits per heavy atom. The minimum Gasteiger partial charge on any atom is -0.485 e. The molecule has 6 heteroatoms. The van der Waals surface area contributed by atoms with E-state index in [1.165, 1.54) is 0 Å². The average molecular weight is 285 g/mol. The van der Waals surface area contributed by atoms with Crippen molar-refractivity contribution in [3.8, 4) is 11.5 Å². The van der Waals surface area contributed by atoms with Crippen molar-refractivity contribution in [1.29, 1.82) is 0 Å². The van der Waals surface area contributed by atoms with Gasteiger partial charge >= 0.3 is 0 Å². The third-order valence-electron chi connectivity index (χ3n) is 3.16. The molecule has 0 saturated carbocycles. The number of benzene rings is 1. The highest BCUT2D eigenvalue weighted by Crippen LogP contribution is 2.30. The molecule has 3 rings (SSSR count). The largest absolute Gasteiger partial charge is 0.485 e. The summed E-state index contributed by atoms with van der Waals surface area (Å²) in [6.45, 7) is 0.169. The van der Waals surface area contributed by atoms with Gasteiger partial charge in [0.25, 0.3) is 5.91 Å². The molecule has 0 bridgehead atoms. The summed E-state index contributed by atoms with van der Waals surface area (Å²) in [4.78, 5) is 12.0. The summed E-state index contributed by atoms with van der Waals surface area (Å²) in [5.74, 6) is 0.874. The molecule has 0 saturated heterocycles. The predicted octanol–water partition coefficient (Wildman–Crippen LogP) is 1.32. The lowest BCUT2D eigenvalue weighted by molar-refractivity contribution is -0.130. The predicted molar refractivity (Wildman–Crippen MR) is 77.5 cm³/mol. The number of rotatable bonds is 3. The normalized spacial score (nSPS) is 16.9. The molecule has 0 aliphatic carbocycles. The fourth-order valence-electron chi connectivity index (χ4n) is 1.99. The number of amides is 1. The summed E-state index contributed by atoms with van der Waals surface area (Å²) >= 11 is 0. The molecule has 108 valence electrons. The van der Waals surface area contributed by atoms with Crippen LogP contribution in [0, 0.1) is 0 Å². The third-order valence-corrected chi connectivity index (χ3v) is 3.16. The fourth-order valence-corrected chi connectivity index (χ4v) is 1.99. The second-order valence-electron chi connectivity index (χ2n) is 4.64. The summed E-state index contributed by atoms with van der Waals surface area (Å²) in [5.41, 5.74) is 3.35. The van der Waals surface area contributed by atoms with Crippen molar-refractivity contribution in [2.45, 2.75) is 6.10 Å². The number of fused-ring (bicyclic) bond motifs is 1. The van der Waals surface area contributed by atoms with Gasteiger partial charge in [0.05, 0.1) is 11.9 Å². The first-order chi connectivity index (χ1) is 10.2. The minimum atomic E-state index is -0.703. The maximum atomic E-state index is 12.0. The Labute approximate surface area is 122 Å². The standard InChI is InChI=1S/C15H15N3O3/c1-18-8-4-5-11(18)9-16-17-15(19)14-10-20-12-6-2-3-7-13(12)21-14/h2-9,14H,10H2,1H3,(H,17,19)/b16-9-/t14-/m0/s1. The van der Waals surface area contributed by atoms with E-state index < -0.39 is 6.10 Å². The SMILES string of the molecule is Cn1cccc1/C=N\NC(=O)[C@@H]1COc2ccccc2O1. The van der Waals surface area contributed by atoms with Gasteiger partial charge in [0.2, 0.25) is 6.10 Å². The highest BCUT2D eigenvalue weighted by atomic mass is 16.6. The Hall–Kier alpha value is -2.76. The zero-order chi connectivity index (χ0) is 14.7. The van der Waals surface area contributed by atoms with E-state index in [4.69, 9.17) is 9.47 Å². The Bertz CT molecular complexity index is 678. The van der Waals surface area contributed by atoms with Crippen LogP contribution in [0.5, 0.6) is 11.5 Å². The summed E-state index contributed by atoms with van der Waals surface area (Å²) in [7, 11) is 1.90. The number of ether oxygens (including phenoxy) is 2. The van der Waals surface area contributed by atoms with Crippen LogP contribution in [-0.4, -0.2) is 29.4 Å². The Balaban J connectivity index is 1.60. The molecule has 21 heavy (non-hydrogen) atoms. The van der Waals surface area contributed by atoms with Crippen LogP contribution in [0.3, 0.4) is 0 Å². The number of hydrazone groups is 1. The van der Waals surface area contributed by atoms with Crippen molar-refractivity contribution >= 4 is 12.1 Å². The van der Waals surface area contributed by atoms with Gasteiger partial charge in [-0.05, 0) is 24.3 Å². The molecular formula is C15H15N3O3. The van der Waals surface area contributed by atoms with Crippen molar-refractivity contribution in [2.75, 3.05) is 6.61 Å². The number of hydrogen-bond donors (Lipinski definition) is 1. The monoisotopic (exact) mass is 285 g/mol. The summed E-state index contributed by atoms with van der Waals surface area (Å²) in [6.07, 6.45) is 2.78. The van der Waals surface area contributed by atoms with E-state index in [0.717, 1.165) is 5.69 Å². The van der Waals surface area contributed by atoms with Crippen LogP contribution in [-0.2, 0) is 11.8 Å². The fraction of sp³-hybridized carbons (Fsp3) is 0.200. The average Bonchev–Trinajstić information content (AvgIpc) is 2.92. The van der Waals surface area contributed by atoms with Gasteiger partial charge in [-0.15, -0.1) is 0 Å². The molecule has 0 fully saturated rings. The topological polar surface area (TPSA) is 64.9 Å². The smallest absolute Gasteiger partial charge is 0.284 e. The van der Waals surface area contributed by atoms with Gasteiger partial charge in [-0.1, -0.05) is 12.1 Å². The summed E-state index contributed by atoms with van der Waals surface area (Å²) in [6, 6.07) is 11.0. The highest BCUT2D eigenvalue weighted by Gasteiger charge is 2.26. The number of carbonyl (C=O) groups is 1. The number of carbonyl (C=O) groups excluding carboxylic acids is 1. The van der Waals surface area contributed by atoms with Crippen LogP contribution in [0.15, 0.2) is 47.7 Å². The van der Waals surface area contributed by atoms with Crippen molar-refractivity contribution < 1.29 is 14.3 Å². The first-order valence-electron chi connectivity index (χ1n) is 6.57. The Kier molecular flexibility index (Phi) is 3.59. The molecule has 2 heterocycles. The Morgan fingerprint density at radius 3 is 2.90 bits per heavy atom. The molecule has 2 aromatic rings. The molecule has 1 amide bonds. The van der Waals surface area contributed by atoms with Gasteiger partial charge in [0.15, 0.2) is 11.5 Å². The van der Waals surface area contributed by atoms with Gasteiger partial charge in [-0.25, -0.2) is 5.43 Å². The first-order valence-corrected chi connectivity index (χ1v) is 6.57. The maximum Gasteiger partial charge on any atom is 0.284 e. The summed E-state index contributed by atoms with van der Waals surface area (Å²) in [5, 5.41) is 3.92. The van der Waals surface area contributed by atoms with E-state index in [-0.39, 0.29) is 12.5 Å². The van der Waals surface area contributed by atoms with Gasteiger partial charge in [-0.2, -0.15) is 5.10 Å². The van der Waals surface area contributed by atoms with Crippen molar-refractivity contribution in [3.63, 3.8) is 0 Å². The lowest BCUT2D eigenvalue weighted by Gasteiger charge is -2.24. The van der Waals surface area contributed by atoms with Gasteiger partial charge in [0.1, 0.15) is 6.61 Å². The zero-order valence-corrected chi connectivity index (χ0v) is 11.5. The molecule has 0 radical (unpaired) electrons. The van der Waals surface area contributed by atoms with Crippen LogP contribution in [0.1, 0.15) is 5.69 Å². The lowest BCUT2D eigenvalue weighted by Crippen LogP contribution is -2.42. The molecule has 1 N–H and O–H groups in total. The molecular weight excluding hydrogens is 270 g/mol. The quantitative estimate of drug-likeness (QED) is 0.683. The number of aryl methyl sites for hydroxylation is 1. The molecule has 0 spiro atoms. The lowest BCUT2D eigenvalue weighted by atomic mass is 10.2. The van der Waals surface area contributed by atoms with E-state index in [9.17, 15) is 4.79 Å². The highest BCUT2D eigenvalue weighted by molar-refractivity contribution is 5.84. The number of para-hydroxylation sites is 2. The van der Waals surface area contributed by atoms with Crippen LogP contribution in [0.2, 0.25) is 0 Å². The first kappa shape index (κ1) is 13.2. The second-order valence-corrected chi connectivity index (χ2v) is 4.64. The molecule has 1 aliphatic heterocycles. The van der Waals surface area contributed by atoms with Crippen LogP contribution in [0.25, 0.3) is 0 Å². The minimum absolute atomic E-state index is 0.169.